The van der Waals surface area contributed by atoms with Crippen molar-refractivity contribution in [3.8, 4) is 0 Å². The van der Waals surface area contributed by atoms with Gasteiger partial charge in [0.2, 0.25) is 11.8 Å². The van der Waals surface area contributed by atoms with Crippen molar-refractivity contribution in [2.24, 2.45) is 23.2 Å². The number of aromatic nitrogens is 2. The number of rotatable bonds is 5. The predicted molar refractivity (Wildman–Crippen MR) is 170 cm³/mol. The zero-order chi connectivity index (χ0) is 29.4. The maximum atomic E-state index is 13.7. The molecular formula is C34H32IN5O4. The van der Waals surface area contributed by atoms with Gasteiger partial charge in [0, 0.05) is 17.4 Å². The molecule has 224 valence electrons. The second-order valence-corrected chi connectivity index (χ2v) is 20.9. The van der Waals surface area contributed by atoms with Crippen molar-refractivity contribution in [2.45, 2.75) is 62.4 Å². The molecule has 4 amide bonds. The van der Waals surface area contributed by atoms with Gasteiger partial charge in [-0.2, -0.15) is 0 Å². The molecule has 5 atom stereocenters. The average molecular weight is 702 g/mol. The van der Waals surface area contributed by atoms with Crippen LogP contribution in [0.15, 0.2) is 42.7 Å². The fourth-order valence-electron chi connectivity index (χ4n) is 10.8. The molecule has 44 heavy (non-hydrogen) atoms. The topological polar surface area (TPSA) is 105 Å². The molecule has 3 aromatic rings. The molecule has 8 fully saturated rings. The molecule has 0 radical (unpaired) electrons. The van der Waals surface area contributed by atoms with Gasteiger partial charge in [0.25, 0.3) is 5.91 Å². The van der Waals surface area contributed by atoms with Crippen molar-refractivity contribution in [3.05, 3.63) is 59.4 Å². The van der Waals surface area contributed by atoms with Crippen molar-refractivity contribution in [3.63, 3.8) is 0 Å². The summed E-state index contributed by atoms with van der Waals surface area (Å²) in [6.07, 6.45) is 7.18. The Kier molecular flexibility index (Phi) is 4.39. The van der Waals surface area contributed by atoms with E-state index in [1.807, 2.05) is 30.5 Å². The first-order chi connectivity index (χ1) is 21.3. The van der Waals surface area contributed by atoms with Gasteiger partial charge in [-0.25, -0.2) is 0 Å². The molecule has 12 rings (SSSR count). The molecule has 10 heteroatoms. The van der Waals surface area contributed by atoms with E-state index in [-0.39, 0.29) is 29.2 Å². The number of nitrogens with one attached hydrogen (secondary N) is 1. The van der Waals surface area contributed by atoms with E-state index in [4.69, 9.17) is 5.10 Å². The van der Waals surface area contributed by atoms with E-state index >= 15 is 0 Å². The van der Waals surface area contributed by atoms with Crippen LogP contribution in [-0.4, -0.2) is 69.2 Å². The number of likely N-dealkylation sites (tertiary alicyclic amines) is 1. The molecule has 6 aliphatic heterocycles. The van der Waals surface area contributed by atoms with Gasteiger partial charge in [-0.3, -0.25) is 24.6 Å². The molecule has 5 saturated heterocycles. The molecule has 7 heterocycles. The van der Waals surface area contributed by atoms with Crippen LogP contribution in [0.4, 0.5) is 5.69 Å². The van der Waals surface area contributed by atoms with Crippen LogP contribution in [0.3, 0.4) is 0 Å². The summed E-state index contributed by atoms with van der Waals surface area (Å²) in [4.78, 5) is 55.4. The number of imide groups is 1. The molecule has 9 nitrogen and oxygen atoms in total. The average Bonchev–Trinajstić information content (AvgIpc) is 3.63. The number of amides is 4. The second kappa shape index (κ2) is 7.74. The number of carbonyl (C=O) groups is 4. The molecule has 9 aliphatic rings. The number of alkyl halides is 3. The van der Waals surface area contributed by atoms with E-state index in [1.54, 1.807) is 4.90 Å². The number of benzene rings is 2. The Morgan fingerprint density at radius 3 is 2.61 bits per heavy atom. The first-order valence-corrected chi connectivity index (χ1v) is 19.8. The van der Waals surface area contributed by atoms with Crippen molar-refractivity contribution in [1.82, 2.24) is 20.0 Å². The van der Waals surface area contributed by atoms with Gasteiger partial charge in [0.15, 0.2) is 0 Å². The van der Waals surface area contributed by atoms with Crippen molar-refractivity contribution >= 4 is 59.9 Å². The van der Waals surface area contributed by atoms with Gasteiger partial charge in [-0.1, -0.05) is 18.2 Å². The summed E-state index contributed by atoms with van der Waals surface area (Å²) in [6.45, 7) is 3.94. The summed E-state index contributed by atoms with van der Waals surface area (Å²) in [5.74, 6) is 2.43. The van der Waals surface area contributed by atoms with Crippen molar-refractivity contribution in [1.29, 1.82) is 0 Å². The van der Waals surface area contributed by atoms with E-state index < -0.39 is 31.8 Å². The molecule has 3 saturated carbocycles. The zero-order valence-corrected chi connectivity index (χ0v) is 26.5. The molecule has 3 aliphatic carbocycles. The SMILES string of the molecule is CC1(n2cc(Cc3ccc4c5c(cccc35)C(=O)N4C3CCC(=O)NC3=O)cn2)CCN(C(=O)C23C4C5C6C4C2I6C53)CC1. The van der Waals surface area contributed by atoms with Crippen LogP contribution in [0.1, 0.15) is 54.1 Å². The number of hydrogen-bond acceptors (Lipinski definition) is 5. The number of carbonyl (C=O) groups excluding carboxylic acids is 4. The van der Waals surface area contributed by atoms with Crippen LogP contribution in [0.25, 0.3) is 10.8 Å². The van der Waals surface area contributed by atoms with E-state index in [0.717, 1.165) is 79.1 Å². The number of halogens is 1. The first kappa shape index (κ1) is 25.0. The van der Waals surface area contributed by atoms with Crippen LogP contribution in [0.2, 0.25) is 0 Å². The normalized spacial score (nSPS) is 38.3. The number of piperidine rings is 2. The molecule has 2 aromatic carbocycles. The summed E-state index contributed by atoms with van der Waals surface area (Å²) >= 11 is -0.664. The molecule has 5 unspecified atom stereocenters. The monoisotopic (exact) mass is 701 g/mol. The van der Waals surface area contributed by atoms with E-state index in [2.05, 4.69) is 34.1 Å². The predicted octanol–water partition coefficient (Wildman–Crippen LogP) is 3.25. The van der Waals surface area contributed by atoms with Gasteiger partial charge >= 0.3 is 148 Å². The summed E-state index contributed by atoms with van der Waals surface area (Å²) in [5.41, 5.74) is 3.58. The Bertz CT molecular complexity index is 1870. The summed E-state index contributed by atoms with van der Waals surface area (Å²) in [6, 6.07) is 9.08. The molecule has 0 spiro atoms. The van der Waals surface area contributed by atoms with Crippen LogP contribution in [0.5, 0.6) is 0 Å². The first-order valence-electron chi connectivity index (χ1n) is 16.0. The van der Waals surface area contributed by atoms with Crippen molar-refractivity contribution < 1.29 is 19.2 Å². The fraction of sp³-hybridized carbons (Fsp3) is 0.500. The standard InChI is InChI=1S/C34H32IN5O4/c1-33(9-11-38(12-10-33)32(44)34-26-24-27-25(26)29(34)35(27)28(24)34)39-15-16(14-36-39)13-17-5-6-20-23-18(17)3-2-4-19(23)31(43)40(20)21-7-8-22(41)37-30(21)42/h2-6,14-15,21,24-29H,7-13H2,1H3,(H,37,41,42). The van der Waals surface area contributed by atoms with Crippen molar-refractivity contribution in [2.75, 3.05) is 18.0 Å². The Hall–Kier alpha value is -3.28. The Labute approximate surface area is 261 Å². The summed E-state index contributed by atoms with van der Waals surface area (Å²) in [5, 5.41) is 9.09. The van der Waals surface area contributed by atoms with Crippen LogP contribution >= 0.6 is 19.8 Å². The summed E-state index contributed by atoms with van der Waals surface area (Å²) in [7, 11) is 0. The van der Waals surface area contributed by atoms with Crippen LogP contribution in [0, 0.1) is 23.2 Å². The molecular weight excluding hydrogens is 669 g/mol. The zero-order valence-electron chi connectivity index (χ0n) is 24.3. The fourth-order valence-corrected chi connectivity index (χ4v) is 23.3. The Morgan fingerprint density at radius 2 is 1.89 bits per heavy atom. The number of hydrogen-bond donors (Lipinski definition) is 1. The minimum atomic E-state index is -0.690. The Balaban J connectivity index is 0.825. The van der Waals surface area contributed by atoms with E-state index in [1.165, 1.54) is 3.92 Å². The summed E-state index contributed by atoms with van der Waals surface area (Å²) < 4.78 is 5.13. The van der Waals surface area contributed by atoms with Gasteiger partial charge in [0.1, 0.15) is 6.04 Å². The third-order valence-electron chi connectivity index (χ3n) is 13.0. The van der Waals surface area contributed by atoms with Crippen LogP contribution in [-0.2, 0) is 26.3 Å². The quantitative estimate of drug-likeness (QED) is 0.250. The van der Waals surface area contributed by atoms with Gasteiger partial charge < -0.3 is 0 Å². The Morgan fingerprint density at radius 1 is 1.09 bits per heavy atom. The molecule has 1 N–H and O–H groups in total. The van der Waals surface area contributed by atoms with Crippen LogP contribution < -0.4 is 10.2 Å². The van der Waals surface area contributed by atoms with Gasteiger partial charge in [-0.15, -0.1) is 0 Å². The van der Waals surface area contributed by atoms with E-state index in [9.17, 15) is 19.2 Å². The van der Waals surface area contributed by atoms with Gasteiger partial charge in [-0.05, 0) is 23.9 Å². The second-order valence-electron chi connectivity index (χ2n) is 14.6. The number of anilines is 1. The number of nitrogens with zero attached hydrogens (tertiary/aromatic N) is 4. The van der Waals surface area contributed by atoms with Gasteiger partial charge in [0.05, 0.1) is 5.69 Å². The minimum absolute atomic E-state index is 0.117. The van der Waals surface area contributed by atoms with E-state index in [0.29, 0.717) is 24.3 Å². The molecule has 0 bridgehead atoms. The third kappa shape index (κ3) is 2.52. The maximum absolute atomic E-state index is 13.7. The third-order valence-corrected chi connectivity index (χ3v) is 23.1. The molecule has 1 aromatic heterocycles.